The first-order chi connectivity index (χ1) is 12.1. The van der Waals surface area contributed by atoms with Crippen LogP contribution in [0.5, 0.6) is 0 Å². The summed E-state index contributed by atoms with van der Waals surface area (Å²) in [5, 5.41) is 9.11. The molecule has 1 aliphatic rings. The third-order valence-corrected chi connectivity index (χ3v) is 5.05. The molecule has 0 saturated heterocycles. The number of rotatable bonds is 2. The van der Waals surface area contributed by atoms with Gasteiger partial charge < -0.3 is 5.73 Å². The molecule has 2 N–H and O–H groups in total. The maximum absolute atomic E-state index is 9.11. The van der Waals surface area contributed by atoms with E-state index < -0.39 is 5.54 Å². The van der Waals surface area contributed by atoms with E-state index in [1.807, 2.05) is 54.6 Å². The van der Waals surface area contributed by atoms with E-state index >= 15 is 0 Å². The maximum atomic E-state index is 9.11. The van der Waals surface area contributed by atoms with Crippen LogP contribution < -0.4 is 5.73 Å². The number of halogens is 1. The monoisotopic (exact) mass is 387 g/mol. The number of amidine groups is 1. The van der Waals surface area contributed by atoms with Gasteiger partial charge in [-0.1, -0.05) is 64.5 Å². The third kappa shape index (κ3) is 2.36. The largest absolute Gasteiger partial charge is 0.383 e. The molecule has 0 aliphatic carbocycles. The molecule has 1 heterocycles. The first kappa shape index (κ1) is 15.6. The van der Waals surface area contributed by atoms with Gasteiger partial charge >= 0.3 is 0 Å². The van der Waals surface area contributed by atoms with Crippen LogP contribution in [0.15, 0.2) is 82.3 Å². The Hall–Kier alpha value is -2.90. The van der Waals surface area contributed by atoms with Crippen LogP contribution in [0, 0.1) is 11.3 Å². The number of benzene rings is 3. The highest BCUT2D eigenvalue weighted by Crippen LogP contribution is 2.46. The van der Waals surface area contributed by atoms with Gasteiger partial charge in [-0.3, -0.25) is 0 Å². The van der Waals surface area contributed by atoms with E-state index in [0.29, 0.717) is 11.4 Å². The summed E-state index contributed by atoms with van der Waals surface area (Å²) in [6.45, 7) is 0. The van der Waals surface area contributed by atoms with Crippen molar-refractivity contribution in [2.75, 3.05) is 0 Å². The first-order valence-corrected chi connectivity index (χ1v) is 8.66. The van der Waals surface area contributed by atoms with Crippen molar-refractivity contribution in [2.24, 2.45) is 10.7 Å². The van der Waals surface area contributed by atoms with Gasteiger partial charge in [0.25, 0.3) is 0 Å². The van der Waals surface area contributed by atoms with Crippen LogP contribution >= 0.6 is 15.9 Å². The van der Waals surface area contributed by atoms with Crippen LogP contribution in [0.3, 0.4) is 0 Å². The number of hydrogen-bond donors (Lipinski definition) is 1. The van der Waals surface area contributed by atoms with Crippen LogP contribution in [0.4, 0.5) is 0 Å². The smallest absolute Gasteiger partial charge is 0.139 e. The van der Waals surface area contributed by atoms with Gasteiger partial charge in [-0.05, 0) is 41.0 Å². The minimum atomic E-state index is -0.710. The summed E-state index contributed by atoms with van der Waals surface area (Å²) in [5.74, 6) is 0.528. The van der Waals surface area contributed by atoms with E-state index in [2.05, 4.69) is 40.2 Å². The molecule has 3 nitrogen and oxygen atoms in total. The van der Waals surface area contributed by atoms with Crippen LogP contribution in [0.2, 0.25) is 0 Å². The number of nitrogens with zero attached hydrogens (tertiary/aromatic N) is 2. The van der Waals surface area contributed by atoms with Crippen molar-refractivity contribution >= 4 is 21.8 Å². The molecule has 25 heavy (non-hydrogen) atoms. The van der Waals surface area contributed by atoms with Gasteiger partial charge in [-0.25, -0.2) is 4.99 Å². The highest BCUT2D eigenvalue weighted by atomic mass is 79.9. The van der Waals surface area contributed by atoms with Gasteiger partial charge in [0.1, 0.15) is 11.4 Å². The van der Waals surface area contributed by atoms with Crippen molar-refractivity contribution < 1.29 is 0 Å². The fourth-order valence-corrected chi connectivity index (χ4v) is 3.83. The first-order valence-electron chi connectivity index (χ1n) is 7.87. The lowest BCUT2D eigenvalue weighted by atomic mass is 9.77. The molecule has 3 aromatic carbocycles. The van der Waals surface area contributed by atoms with Gasteiger partial charge in [0.05, 0.1) is 11.6 Å². The molecule has 0 saturated carbocycles. The van der Waals surface area contributed by atoms with E-state index in [-0.39, 0.29) is 0 Å². The molecule has 0 fully saturated rings. The zero-order valence-electron chi connectivity index (χ0n) is 13.3. The van der Waals surface area contributed by atoms with E-state index in [0.717, 1.165) is 26.7 Å². The number of nitriles is 1. The molecule has 4 heteroatoms. The lowest BCUT2D eigenvalue weighted by Crippen LogP contribution is -2.25. The normalized spacial score (nSPS) is 18.3. The van der Waals surface area contributed by atoms with Crippen molar-refractivity contribution in [3.8, 4) is 6.07 Å². The third-order valence-electron chi connectivity index (χ3n) is 4.56. The minimum absolute atomic E-state index is 0.528. The van der Waals surface area contributed by atoms with Gasteiger partial charge in [-0.2, -0.15) is 5.26 Å². The molecular weight excluding hydrogens is 374 g/mol. The predicted molar refractivity (Wildman–Crippen MR) is 102 cm³/mol. The summed E-state index contributed by atoms with van der Waals surface area (Å²) in [6.07, 6.45) is 0. The Bertz CT molecular complexity index is 1030. The topological polar surface area (TPSA) is 62.2 Å². The Labute approximate surface area is 154 Å². The summed E-state index contributed by atoms with van der Waals surface area (Å²) in [5.41, 5.74) is 10.2. The molecule has 0 spiro atoms. The summed E-state index contributed by atoms with van der Waals surface area (Å²) in [7, 11) is 0. The number of aliphatic imine (C=N–C) groups is 1. The van der Waals surface area contributed by atoms with E-state index in [9.17, 15) is 0 Å². The Balaban J connectivity index is 2.05. The van der Waals surface area contributed by atoms with Crippen molar-refractivity contribution in [3.05, 3.63) is 105 Å². The average molecular weight is 388 g/mol. The average Bonchev–Trinajstić information content (AvgIpc) is 2.96. The Morgan fingerprint density at radius 3 is 2.40 bits per heavy atom. The second-order valence-corrected chi connectivity index (χ2v) is 6.87. The van der Waals surface area contributed by atoms with Crippen molar-refractivity contribution in [1.29, 1.82) is 5.26 Å². The molecule has 4 rings (SSSR count). The van der Waals surface area contributed by atoms with Crippen LogP contribution in [0.25, 0.3) is 0 Å². The van der Waals surface area contributed by atoms with E-state index in [1.54, 1.807) is 0 Å². The standard InChI is InChI=1S/C21H14BrN3/c22-17-5-3-4-16(12-17)21(15-10-8-14(13-23)9-11-15)19-7-2-1-6-18(19)20(24)25-21/h1-12H,(H2,24,25). The molecule has 0 bridgehead atoms. The van der Waals surface area contributed by atoms with Gasteiger partial charge in [0.15, 0.2) is 0 Å². The molecule has 1 atom stereocenters. The molecule has 1 unspecified atom stereocenters. The van der Waals surface area contributed by atoms with Crippen molar-refractivity contribution in [2.45, 2.75) is 5.54 Å². The summed E-state index contributed by atoms with van der Waals surface area (Å²) < 4.78 is 0.983. The fourth-order valence-electron chi connectivity index (χ4n) is 3.43. The molecule has 3 aromatic rings. The van der Waals surface area contributed by atoms with Gasteiger partial charge in [0, 0.05) is 10.0 Å². The molecular formula is C21H14BrN3. The van der Waals surface area contributed by atoms with Gasteiger partial charge in [0.2, 0.25) is 0 Å². The molecule has 120 valence electrons. The Morgan fingerprint density at radius 2 is 1.68 bits per heavy atom. The zero-order valence-corrected chi connectivity index (χ0v) is 14.9. The second kappa shape index (κ2) is 5.87. The predicted octanol–water partition coefficient (Wildman–Crippen LogP) is 4.33. The quantitative estimate of drug-likeness (QED) is 0.710. The SMILES string of the molecule is N#Cc1ccc(C2(c3cccc(Br)c3)N=C(N)c3ccccc32)cc1. The zero-order chi connectivity index (χ0) is 17.4. The van der Waals surface area contributed by atoms with Crippen molar-refractivity contribution in [3.63, 3.8) is 0 Å². The maximum Gasteiger partial charge on any atom is 0.139 e. The van der Waals surface area contributed by atoms with Crippen LogP contribution in [-0.2, 0) is 5.54 Å². The summed E-state index contributed by atoms with van der Waals surface area (Å²) in [6, 6.07) is 25.9. The minimum Gasteiger partial charge on any atom is -0.383 e. The molecule has 1 aliphatic heterocycles. The molecule has 0 aromatic heterocycles. The Kier molecular flexibility index (Phi) is 3.67. The number of nitrogens with two attached hydrogens (primary N) is 1. The highest BCUT2D eigenvalue weighted by Gasteiger charge is 2.42. The molecule has 0 radical (unpaired) electrons. The molecule has 0 amide bonds. The van der Waals surface area contributed by atoms with Crippen molar-refractivity contribution in [1.82, 2.24) is 0 Å². The summed E-state index contributed by atoms with van der Waals surface area (Å²) in [4.78, 5) is 4.92. The highest BCUT2D eigenvalue weighted by molar-refractivity contribution is 9.10. The van der Waals surface area contributed by atoms with Crippen LogP contribution in [-0.4, -0.2) is 5.84 Å². The fraction of sp³-hybridized carbons (Fsp3) is 0.0476. The number of fused-ring (bicyclic) bond motifs is 1. The van der Waals surface area contributed by atoms with E-state index in [1.165, 1.54) is 0 Å². The summed E-state index contributed by atoms with van der Waals surface area (Å²) >= 11 is 3.56. The number of hydrogen-bond acceptors (Lipinski definition) is 3. The Morgan fingerprint density at radius 1 is 0.920 bits per heavy atom. The van der Waals surface area contributed by atoms with Crippen LogP contribution in [0.1, 0.15) is 27.8 Å². The van der Waals surface area contributed by atoms with E-state index in [4.69, 9.17) is 16.0 Å². The second-order valence-electron chi connectivity index (χ2n) is 5.95. The van der Waals surface area contributed by atoms with Gasteiger partial charge in [-0.15, -0.1) is 0 Å². The lowest BCUT2D eigenvalue weighted by molar-refractivity contribution is 0.671. The lowest BCUT2D eigenvalue weighted by Gasteiger charge is -2.29.